The summed E-state index contributed by atoms with van der Waals surface area (Å²) in [5, 5.41) is 17.1. The number of methoxy groups -OCH3 is 1. The van der Waals surface area contributed by atoms with Gasteiger partial charge in [-0.15, -0.1) is 23.2 Å². The first-order chi connectivity index (χ1) is 9.51. The smallest absolute Gasteiger partial charge is 0.0659 e. The Bertz CT molecular complexity index is 297. The first-order valence-corrected chi connectivity index (χ1v) is 7.94. The van der Waals surface area contributed by atoms with Crippen molar-refractivity contribution in [3.8, 4) is 12.1 Å². The van der Waals surface area contributed by atoms with Crippen LogP contribution in [0.3, 0.4) is 0 Å². The third-order valence-corrected chi connectivity index (χ3v) is 3.94. The standard InChI is InChI=1S/C9H16ClN.C6H10ClNO/c1-4-8(6-11)9(5-2)7(3)10;1-9-5-6(4-7)2-3-8/h7-9H,4-5H2,1-3H3;6H,2,4-5H2,1H3. The molecule has 20 heavy (non-hydrogen) atoms. The van der Waals surface area contributed by atoms with Crippen molar-refractivity contribution in [2.24, 2.45) is 17.8 Å². The summed E-state index contributed by atoms with van der Waals surface area (Å²) in [6.07, 6.45) is 2.39. The first kappa shape index (κ1) is 21.8. The zero-order valence-corrected chi connectivity index (χ0v) is 14.4. The Morgan fingerprint density at radius 1 is 1.20 bits per heavy atom. The van der Waals surface area contributed by atoms with Crippen LogP contribution < -0.4 is 0 Å². The third kappa shape index (κ3) is 10.3. The summed E-state index contributed by atoms with van der Waals surface area (Å²) in [6.45, 7) is 6.67. The molecule has 0 heterocycles. The SMILES string of the molecule is CCC(C#N)C(CC)C(C)Cl.COCC(CCl)CC#N. The van der Waals surface area contributed by atoms with Gasteiger partial charge in [0.1, 0.15) is 0 Å². The van der Waals surface area contributed by atoms with Crippen molar-refractivity contribution in [3.63, 3.8) is 0 Å². The molecule has 0 rings (SSSR count). The minimum atomic E-state index is 0.115. The van der Waals surface area contributed by atoms with Crippen molar-refractivity contribution < 1.29 is 4.74 Å². The van der Waals surface area contributed by atoms with Crippen molar-refractivity contribution in [2.75, 3.05) is 19.6 Å². The maximum atomic E-state index is 8.77. The van der Waals surface area contributed by atoms with Gasteiger partial charge in [-0.3, -0.25) is 0 Å². The van der Waals surface area contributed by atoms with Gasteiger partial charge in [-0.2, -0.15) is 10.5 Å². The van der Waals surface area contributed by atoms with Crippen LogP contribution in [0.2, 0.25) is 0 Å². The number of ether oxygens (including phenoxy) is 1. The van der Waals surface area contributed by atoms with E-state index in [4.69, 9.17) is 38.5 Å². The van der Waals surface area contributed by atoms with Gasteiger partial charge < -0.3 is 4.74 Å². The minimum Gasteiger partial charge on any atom is -0.384 e. The average molecular weight is 321 g/mol. The molecule has 0 aromatic carbocycles. The van der Waals surface area contributed by atoms with Gasteiger partial charge in [0.2, 0.25) is 0 Å². The fraction of sp³-hybridized carbons (Fsp3) is 0.867. The highest BCUT2D eigenvalue weighted by molar-refractivity contribution is 6.20. The van der Waals surface area contributed by atoms with E-state index in [-0.39, 0.29) is 17.2 Å². The fourth-order valence-electron chi connectivity index (χ4n) is 1.94. The van der Waals surface area contributed by atoms with E-state index in [1.165, 1.54) is 0 Å². The fourth-order valence-corrected chi connectivity index (χ4v) is 2.49. The Morgan fingerprint density at radius 3 is 2.00 bits per heavy atom. The average Bonchev–Trinajstić information content (AvgIpc) is 2.44. The molecule has 4 atom stereocenters. The lowest BCUT2D eigenvalue weighted by Gasteiger charge is -2.21. The van der Waals surface area contributed by atoms with Crippen LogP contribution in [0.4, 0.5) is 0 Å². The van der Waals surface area contributed by atoms with Gasteiger partial charge in [0.05, 0.1) is 24.7 Å². The lowest BCUT2D eigenvalue weighted by atomic mass is 9.87. The summed E-state index contributed by atoms with van der Waals surface area (Å²) in [5.41, 5.74) is 0. The molecule has 0 bridgehead atoms. The molecule has 0 amide bonds. The summed E-state index contributed by atoms with van der Waals surface area (Å²) in [4.78, 5) is 0. The minimum absolute atomic E-state index is 0.115. The monoisotopic (exact) mass is 320 g/mol. The summed E-state index contributed by atoms with van der Waals surface area (Å²) in [5.74, 6) is 1.18. The van der Waals surface area contributed by atoms with E-state index in [9.17, 15) is 0 Å². The molecular formula is C15H26Cl2N2O. The number of hydrogen-bond donors (Lipinski definition) is 0. The number of alkyl halides is 2. The van der Waals surface area contributed by atoms with Crippen molar-refractivity contribution in [1.82, 2.24) is 0 Å². The molecule has 4 unspecified atom stereocenters. The van der Waals surface area contributed by atoms with Crippen molar-refractivity contribution in [1.29, 1.82) is 10.5 Å². The van der Waals surface area contributed by atoms with Gasteiger partial charge >= 0.3 is 0 Å². The zero-order valence-electron chi connectivity index (χ0n) is 12.9. The molecule has 0 aliphatic rings. The quantitative estimate of drug-likeness (QED) is 0.614. The normalized spacial score (nSPS) is 15.8. The van der Waals surface area contributed by atoms with E-state index in [0.717, 1.165) is 12.8 Å². The van der Waals surface area contributed by atoms with Crippen LogP contribution in [0.25, 0.3) is 0 Å². The van der Waals surface area contributed by atoms with Crippen molar-refractivity contribution in [3.05, 3.63) is 0 Å². The van der Waals surface area contributed by atoms with Gasteiger partial charge in [0, 0.05) is 30.7 Å². The van der Waals surface area contributed by atoms with E-state index in [2.05, 4.69) is 13.0 Å². The molecule has 3 nitrogen and oxygen atoms in total. The van der Waals surface area contributed by atoms with Gasteiger partial charge in [-0.1, -0.05) is 20.3 Å². The number of nitriles is 2. The van der Waals surface area contributed by atoms with E-state index >= 15 is 0 Å². The Kier molecular flexibility index (Phi) is 16.3. The summed E-state index contributed by atoms with van der Waals surface area (Å²) in [7, 11) is 1.61. The molecule has 116 valence electrons. The summed E-state index contributed by atoms with van der Waals surface area (Å²) < 4.78 is 4.81. The number of halogens is 2. The molecule has 0 aliphatic carbocycles. The molecule has 0 fully saturated rings. The predicted octanol–water partition coefficient (Wildman–Crippen LogP) is 4.59. The lowest BCUT2D eigenvalue weighted by molar-refractivity contribution is 0.162. The molecule has 0 N–H and O–H groups in total. The molecule has 0 saturated carbocycles. The summed E-state index contributed by atoms with van der Waals surface area (Å²) in [6, 6.07) is 4.34. The predicted molar refractivity (Wildman–Crippen MR) is 84.8 cm³/mol. The Morgan fingerprint density at radius 2 is 1.80 bits per heavy atom. The molecule has 0 aromatic rings. The number of hydrogen-bond acceptors (Lipinski definition) is 3. The highest BCUT2D eigenvalue weighted by atomic mass is 35.5. The topological polar surface area (TPSA) is 56.8 Å². The van der Waals surface area contributed by atoms with Crippen LogP contribution in [0, 0.1) is 40.4 Å². The van der Waals surface area contributed by atoms with E-state index in [0.29, 0.717) is 24.8 Å². The van der Waals surface area contributed by atoms with E-state index < -0.39 is 0 Å². The highest BCUT2D eigenvalue weighted by Gasteiger charge is 2.22. The third-order valence-electron chi connectivity index (χ3n) is 3.18. The van der Waals surface area contributed by atoms with Gasteiger partial charge in [0.15, 0.2) is 0 Å². The molecule has 0 spiro atoms. The first-order valence-electron chi connectivity index (χ1n) is 6.97. The van der Waals surface area contributed by atoms with Crippen molar-refractivity contribution in [2.45, 2.75) is 45.4 Å². The van der Waals surface area contributed by atoms with Crippen LogP contribution in [-0.4, -0.2) is 25.0 Å². The van der Waals surface area contributed by atoms with Crippen LogP contribution in [0.1, 0.15) is 40.0 Å². The Balaban J connectivity index is 0. The van der Waals surface area contributed by atoms with Crippen LogP contribution in [0.5, 0.6) is 0 Å². The largest absolute Gasteiger partial charge is 0.384 e. The van der Waals surface area contributed by atoms with Gasteiger partial charge in [0.25, 0.3) is 0 Å². The maximum absolute atomic E-state index is 8.77. The zero-order chi connectivity index (χ0) is 16.0. The van der Waals surface area contributed by atoms with Crippen LogP contribution >= 0.6 is 23.2 Å². The van der Waals surface area contributed by atoms with Gasteiger partial charge in [-0.05, 0) is 19.3 Å². The van der Waals surface area contributed by atoms with Gasteiger partial charge in [-0.25, -0.2) is 0 Å². The second-order valence-electron chi connectivity index (χ2n) is 4.73. The maximum Gasteiger partial charge on any atom is 0.0659 e. The second-order valence-corrected chi connectivity index (χ2v) is 5.73. The molecule has 5 heteroatoms. The Hall–Kier alpha value is -0.480. The summed E-state index contributed by atoms with van der Waals surface area (Å²) >= 11 is 11.4. The van der Waals surface area contributed by atoms with Crippen LogP contribution in [-0.2, 0) is 4.74 Å². The highest BCUT2D eigenvalue weighted by Crippen LogP contribution is 2.25. The molecule has 0 aliphatic heterocycles. The lowest BCUT2D eigenvalue weighted by Crippen LogP contribution is -2.19. The number of nitrogens with zero attached hydrogens (tertiary/aromatic N) is 2. The van der Waals surface area contributed by atoms with Crippen molar-refractivity contribution >= 4 is 23.2 Å². The van der Waals surface area contributed by atoms with E-state index in [1.807, 2.05) is 19.9 Å². The molecule has 0 saturated heterocycles. The molecule has 0 aromatic heterocycles. The van der Waals surface area contributed by atoms with E-state index in [1.54, 1.807) is 7.11 Å². The number of rotatable bonds is 8. The second kappa shape index (κ2) is 14.9. The van der Waals surface area contributed by atoms with Crippen LogP contribution in [0.15, 0.2) is 0 Å². The Labute approximate surface area is 133 Å². The molecular weight excluding hydrogens is 295 g/mol. The molecule has 0 radical (unpaired) electrons.